The molecule has 30 heavy (non-hydrogen) atoms. The zero-order valence-electron chi connectivity index (χ0n) is 17.6. The predicted molar refractivity (Wildman–Crippen MR) is 117 cm³/mol. The van der Waals surface area contributed by atoms with Crippen LogP contribution >= 0.6 is 0 Å². The van der Waals surface area contributed by atoms with E-state index in [1.807, 2.05) is 30.3 Å². The third kappa shape index (κ3) is 5.40. The topological polar surface area (TPSA) is 84.5 Å². The Morgan fingerprint density at radius 2 is 1.80 bits per heavy atom. The summed E-state index contributed by atoms with van der Waals surface area (Å²) < 4.78 is 32.1. The minimum atomic E-state index is -3.76. The first-order valence-electron chi connectivity index (χ1n) is 10.4. The summed E-state index contributed by atoms with van der Waals surface area (Å²) in [6.45, 7) is 0. The summed E-state index contributed by atoms with van der Waals surface area (Å²) in [6.07, 6.45) is 7.02. The normalized spacial score (nSPS) is 16.1. The molecule has 0 aliphatic heterocycles. The summed E-state index contributed by atoms with van der Waals surface area (Å²) in [5.41, 5.74) is 1.35. The summed E-state index contributed by atoms with van der Waals surface area (Å²) in [5, 5.41) is 3.14. The summed E-state index contributed by atoms with van der Waals surface area (Å²) in [4.78, 5) is 13.0. The molecule has 1 amide bonds. The Hall–Kier alpha value is -2.38. The lowest BCUT2D eigenvalue weighted by atomic mass is 9.83. The van der Waals surface area contributed by atoms with Crippen LogP contribution in [0.5, 0.6) is 5.75 Å². The van der Waals surface area contributed by atoms with Crippen LogP contribution in [0.3, 0.4) is 0 Å². The van der Waals surface area contributed by atoms with Crippen LogP contribution in [0, 0.1) is 5.92 Å². The largest absolute Gasteiger partial charge is 0.495 e. The van der Waals surface area contributed by atoms with Crippen molar-refractivity contribution < 1.29 is 17.9 Å². The van der Waals surface area contributed by atoms with Gasteiger partial charge in [-0.15, -0.1) is 0 Å². The average molecular weight is 431 g/mol. The number of sulfonamides is 1. The van der Waals surface area contributed by atoms with Crippen molar-refractivity contribution in [3.05, 3.63) is 59.7 Å². The monoisotopic (exact) mass is 430 g/mol. The SMILES string of the molecule is CNS(=O)(=O)c1cc(C(=O)N[C@@H](CC2CCCCC2)c2ccccc2)ccc1OC. The van der Waals surface area contributed by atoms with E-state index in [9.17, 15) is 13.2 Å². The number of hydrogen-bond acceptors (Lipinski definition) is 4. The van der Waals surface area contributed by atoms with Gasteiger partial charge < -0.3 is 10.1 Å². The second kappa shape index (κ2) is 10.1. The number of benzene rings is 2. The lowest BCUT2D eigenvalue weighted by Gasteiger charge is -2.27. The minimum Gasteiger partial charge on any atom is -0.495 e. The third-order valence-corrected chi connectivity index (χ3v) is 7.22. The molecule has 0 bridgehead atoms. The van der Waals surface area contributed by atoms with E-state index in [0.717, 1.165) is 12.0 Å². The summed E-state index contributed by atoms with van der Waals surface area (Å²) in [7, 11) is -1.02. The molecule has 1 fully saturated rings. The molecule has 1 atom stereocenters. The molecule has 2 N–H and O–H groups in total. The van der Waals surface area contributed by atoms with Crippen molar-refractivity contribution in [2.75, 3.05) is 14.2 Å². The highest BCUT2D eigenvalue weighted by Crippen LogP contribution is 2.32. The van der Waals surface area contributed by atoms with Gasteiger partial charge in [-0.2, -0.15) is 0 Å². The van der Waals surface area contributed by atoms with E-state index in [1.54, 1.807) is 6.07 Å². The summed E-state index contributed by atoms with van der Waals surface area (Å²) in [5.74, 6) is 0.484. The number of carbonyl (C=O) groups is 1. The van der Waals surface area contributed by atoms with E-state index in [4.69, 9.17) is 4.74 Å². The van der Waals surface area contributed by atoms with Crippen LogP contribution in [0.4, 0.5) is 0 Å². The van der Waals surface area contributed by atoms with Gasteiger partial charge in [0.1, 0.15) is 10.6 Å². The van der Waals surface area contributed by atoms with Gasteiger partial charge in [-0.05, 0) is 43.1 Å². The first-order chi connectivity index (χ1) is 14.4. The highest BCUT2D eigenvalue weighted by Gasteiger charge is 2.24. The van der Waals surface area contributed by atoms with Gasteiger partial charge in [-0.3, -0.25) is 4.79 Å². The molecule has 7 heteroatoms. The van der Waals surface area contributed by atoms with Crippen LogP contribution in [0.15, 0.2) is 53.4 Å². The van der Waals surface area contributed by atoms with Crippen molar-refractivity contribution in [2.24, 2.45) is 5.92 Å². The minimum absolute atomic E-state index is 0.0521. The van der Waals surface area contributed by atoms with Crippen molar-refractivity contribution in [1.29, 1.82) is 0 Å². The van der Waals surface area contributed by atoms with Crippen molar-refractivity contribution in [3.63, 3.8) is 0 Å². The van der Waals surface area contributed by atoms with Crippen molar-refractivity contribution >= 4 is 15.9 Å². The van der Waals surface area contributed by atoms with Gasteiger partial charge in [-0.25, -0.2) is 13.1 Å². The van der Waals surface area contributed by atoms with Crippen LogP contribution in [-0.2, 0) is 10.0 Å². The fourth-order valence-electron chi connectivity index (χ4n) is 4.10. The Morgan fingerprint density at radius 1 is 1.10 bits per heavy atom. The van der Waals surface area contributed by atoms with Crippen LogP contribution in [0.25, 0.3) is 0 Å². The van der Waals surface area contributed by atoms with Crippen molar-refractivity contribution in [3.8, 4) is 5.75 Å². The molecular weight excluding hydrogens is 400 g/mol. The predicted octanol–water partition coefficient (Wildman–Crippen LogP) is 4.04. The Bertz CT molecular complexity index is 954. The van der Waals surface area contributed by atoms with Crippen molar-refractivity contribution in [2.45, 2.75) is 49.5 Å². The lowest BCUT2D eigenvalue weighted by molar-refractivity contribution is 0.0928. The van der Waals surface area contributed by atoms with E-state index < -0.39 is 10.0 Å². The Balaban J connectivity index is 1.85. The average Bonchev–Trinajstić information content (AvgIpc) is 2.79. The van der Waals surface area contributed by atoms with Crippen LogP contribution < -0.4 is 14.8 Å². The molecule has 0 unspecified atom stereocenters. The van der Waals surface area contributed by atoms with Crippen molar-refractivity contribution in [1.82, 2.24) is 10.0 Å². The van der Waals surface area contributed by atoms with Gasteiger partial charge in [0.15, 0.2) is 0 Å². The Morgan fingerprint density at radius 3 is 2.43 bits per heavy atom. The fraction of sp³-hybridized carbons (Fsp3) is 0.435. The number of hydrogen-bond donors (Lipinski definition) is 2. The maximum Gasteiger partial charge on any atom is 0.251 e. The summed E-state index contributed by atoms with van der Waals surface area (Å²) >= 11 is 0. The number of methoxy groups -OCH3 is 1. The Kier molecular flexibility index (Phi) is 7.50. The quantitative estimate of drug-likeness (QED) is 0.662. The molecule has 1 aliphatic carbocycles. The fourth-order valence-corrected chi connectivity index (χ4v) is 5.02. The molecule has 0 spiro atoms. The number of carbonyl (C=O) groups excluding carboxylic acids is 1. The van der Waals surface area contributed by atoms with E-state index in [0.29, 0.717) is 5.92 Å². The molecule has 6 nitrogen and oxygen atoms in total. The smallest absolute Gasteiger partial charge is 0.251 e. The number of amides is 1. The third-order valence-electron chi connectivity index (χ3n) is 5.79. The van der Waals surface area contributed by atoms with Gasteiger partial charge in [0.05, 0.1) is 13.2 Å². The van der Waals surface area contributed by atoms with Gasteiger partial charge >= 0.3 is 0 Å². The molecule has 0 heterocycles. The molecule has 0 radical (unpaired) electrons. The van der Waals surface area contributed by atoms with Gasteiger partial charge in [-0.1, -0.05) is 62.4 Å². The molecule has 2 aromatic rings. The first kappa shape index (κ1) is 22.3. The maximum atomic E-state index is 13.1. The summed E-state index contributed by atoms with van der Waals surface area (Å²) in [6, 6.07) is 14.3. The molecule has 0 aromatic heterocycles. The molecule has 1 aliphatic rings. The van der Waals surface area contributed by atoms with Gasteiger partial charge in [0.25, 0.3) is 5.91 Å². The second-order valence-corrected chi connectivity index (χ2v) is 9.60. The zero-order chi connectivity index (χ0) is 21.6. The number of rotatable bonds is 8. The molecule has 0 saturated heterocycles. The molecule has 1 saturated carbocycles. The highest BCUT2D eigenvalue weighted by molar-refractivity contribution is 7.89. The zero-order valence-corrected chi connectivity index (χ0v) is 18.4. The molecule has 2 aromatic carbocycles. The molecular formula is C23H30N2O4S. The second-order valence-electron chi connectivity index (χ2n) is 7.75. The number of ether oxygens (including phenoxy) is 1. The van der Waals surface area contributed by atoms with E-state index >= 15 is 0 Å². The van der Waals surface area contributed by atoms with Crippen LogP contribution in [0.1, 0.15) is 60.5 Å². The number of nitrogens with one attached hydrogen (secondary N) is 2. The Labute approximate surface area is 179 Å². The first-order valence-corrected chi connectivity index (χ1v) is 11.9. The lowest BCUT2D eigenvalue weighted by Crippen LogP contribution is -2.31. The van der Waals surface area contributed by atoms with E-state index in [2.05, 4.69) is 10.0 Å². The van der Waals surface area contributed by atoms with Gasteiger partial charge in [0.2, 0.25) is 10.0 Å². The molecule has 3 rings (SSSR count). The highest BCUT2D eigenvalue weighted by atomic mass is 32.2. The standard InChI is InChI=1S/C23H30N2O4S/c1-24-30(27,28)22-16-19(13-14-21(22)29-2)23(26)25-20(18-11-7-4-8-12-18)15-17-9-5-3-6-10-17/h4,7-8,11-14,16-17,20,24H,3,5-6,9-10,15H2,1-2H3,(H,25,26)/t20-/m0/s1. The maximum absolute atomic E-state index is 13.1. The van der Waals surface area contributed by atoms with Crippen LogP contribution in [0.2, 0.25) is 0 Å². The van der Waals surface area contributed by atoms with Crippen LogP contribution in [-0.4, -0.2) is 28.5 Å². The van der Waals surface area contributed by atoms with Gasteiger partial charge in [0, 0.05) is 5.56 Å². The van der Waals surface area contributed by atoms with E-state index in [-0.39, 0.29) is 28.2 Å². The van der Waals surface area contributed by atoms with E-state index in [1.165, 1.54) is 58.4 Å². The molecule has 162 valence electrons.